The standard InChI is InChI=1S/C18H25N3O3/c1-4-15-20-13-9-7-8-10-14(13)21(15)11-16(22)19-12-18(5-2,6-3)17(23)24/h7-10H,4-6,11-12H2,1-3H3,(H,19,22)(H,23,24). The van der Waals surface area contributed by atoms with E-state index in [-0.39, 0.29) is 19.0 Å². The number of benzene rings is 1. The number of aryl methyl sites for hydroxylation is 1. The Labute approximate surface area is 141 Å². The van der Waals surface area contributed by atoms with Gasteiger partial charge in [0.05, 0.1) is 16.4 Å². The van der Waals surface area contributed by atoms with E-state index in [0.717, 1.165) is 23.3 Å². The van der Waals surface area contributed by atoms with Crippen LogP contribution >= 0.6 is 0 Å². The molecule has 24 heavy (non-hydrogen) atoms. The Morgan fingerprint density at radius 1 is 1.21 bits per heavy atom. The van der Waals surface area contributed by atoms with E-state index in [1.165, 1.54) is 0 Å². The lowest BCUT2D eigenvalue weighted by atomic mass is 9.82. The van der Waals surface area contributed by atoms with Crippen molar-refractivity contribution in [2.75, 3.05) is 6.54 Å². The van der Waals surface area contributed by atoms with Crippen LogP contribution < -0.4 is 5.32 Å². The van der Waals surface area contributed by atoms with E-state index in [4.69, 9.17) is 0 Å². The van der Waals surface area contributed by atoms with Gasteiger partial charge in [-0.1, -0.05) is 32.9 Å². The fourth-order valence-electron chi connectivity index (χ4n) is 2.92. The molecule has 0 aliphatic rings. The number of aliphatic carboxylic acids is 1. The van der Waals surface area contributed by atoms with Crippen LogP contribution in [0.15, 0.2) is 24.3 Å². The Bertz CT molecular complexity index is 732. The van der Waals surface area contributed by atoms with E-state index in [1.54, 1.807) is 0 Å². The average molecular weight is 331 g/mol. The van der Waals surface area contributed by atoms with Gasteiger partial charge in [-0.05, 0) is 25.0 Å². The number of hydrogen-bond donors (Lipinski definition) is 2. The minimum Gasteiger partial charge on any atom is -0.481 e. The van der Waals surface area contributed by atoms with Crippen LogP contribution in [-0.2, 0) is 22.6 Å². The maximum atomic E-state index is 12.4. The molecular weight excluding hydrogens is 306 g/mol. The van der Waals surface area contributed by atoms with Gasteiger partial charge in [0.15, 0.2) is 0 Å². The highest BCUT2D eigenvalue weighted by atomic mass is 16.4. The molecule has 2 aromatic rings. The summed E-state index contributed by atoms with van der Waals surface area (Å²) in [4.78, 5) is 28.4. The first kappa shape index (κ1) is 18.0. The predicted molar refractivity (Wildman–Crippen MR) is 92.8 cm³/mol. The molecule has 0 radical (unpaired) electrons. The number of carboxylic acids is 1. The monoisotopic (exact) mass is 331 g/mol. The van der Waals surface area contributed by atoms with Gasteiger partial charge in [-0.15, -0.1) is 0 Å². The normalized spacial score (nSPS) is 11.6. The summed E-state index contributed by atoms with van der Waals surface area (Å²) in [5.74, 6) is -0.211. The topological polar surface area (TPSA) is 84.2 Å². The van der Waals surface area contributed by atoms with Gasteiger partial charge in [0.2, 0.25) is 5.91 Å². The molecule has 0 atom stereocenters. The lowest BCUT2D eigenvalue weighted by Crippen LogP contribution is -2.43. The van der Waals surface area contributed by atoms with E-state index in [0.29, 0.717) is 12.8 Å². The molecule has 2 N–H and O–H groups in total. The Morgan fingerprint density at radius 3 is 2.46 bits per heavy atom. The molecule has 0 aliphatic carbocycles. The fraction of sp³-hybridized carbons (Fsp3) is 0.500. The summed E-state index contributed by atoms with van der Waals surface area (Å²) in [6, 6.07) is 7.70. The second-order valence-corrected chi connectivity index (χ2v) is 6.03. The molecule has 1 amide bonds. The van der Waals surface area contributed by atoms with Gasteiger partial charge >= 0.3 is 5.97 Å². The second kappa shape index (κ2) is 7.47. The highest BCUT2D eigenvalue weighted by Crippen LogP contribution is 2.25. The fourth-order valence-corrected chi connectivity index (χ4v) is 2.92. The Balaban J connectivity index is 2.14. The lowest BCUT2D eigenvalue weighted by Gasteiger charge is -2.26. The molecule has 1 aromatic heterocycles. The molecule has 2 rings (SSSR count). The van der Waals surface area contributed by atoms with Crippen molar-refractivity contribution in [2.24, 2.45) is 5.41 Å². The van der Waals surface area contributed by atoms with Gasteiger partial charge in [0.1, 0.15) is 12.4 Å². The van der Waals surface area contributed by atoms with Gasteiger partial charge in [0.25, 0.3) is 0 Å². The van der Waals surface area contributed by atoms with Crippen molar-refractivity contribution in [2.45, 2.75) is 46.6 Å². The third-order valence-electron chi connectivity index (χ3n) is 4.78. The van der Waals surface area contributed by atoms with Gasteiger partial charge in [-0.25, -0.2) is 4.98 Å². The number of carbonyl (C=O) groups excluding carboxylic acids is 1. The molecule has 1 heterocycles. The summed E-state index contributed by atoms with van der Waals surface area (Å²) in [5.41, 5.74) is 0.879. The van der Waals surface area contributed by atoms with Crippen molar-refractivity contribution >= 4 is 22.9 Å². The van der Waals surface area contributed by atoms with Crippen LogP contribution in [0.1, 0.15) is 39.4 Å². The predicted octanol–water partition coefficient (Wildman–Crippen LogP) is 2.61. The maximum absolute atomic E-state index is 12.4. The zero-order valence-corrected chi connectivity index (χ0v) is 14.5. The van der Waals surface area contributed by atoms with Crippen LogP contribution in [0.3, 0.4) is 0 Å². The van der Waals surface area contributed by atoms with Crippen LogP contribution in [-0.4, -0.2) is 33.1 Å². The molecule has 0 saturated heterocycles. The second-order valence-electron chi connectivity index (χ2n) is 6.03. The van der Waals surface area contributed by atoms with E-state index in [9.17, 15) is 14.7 Å². The highest BCUT2D eigenvalue weighted by Gasteiger charge is 2.35. The SMILES string of the molecule is CCc1nc2ccccc2n1CC(=O)NCC(CC)(CC)C(=O)O. The third-order valence-corrected chi connectivity index (χ3v) is 4.78. The van der Waals surface area contributed by atoms with E-state index in [2.05, 4.69) is 10.3 Å². The maximum Gasteiger partial charge on any atom is 0.311 e. The molecule has 0 fully saturated rings. The van der Waals surface area contributed by atoms with Crippen molar-refractivity contribution in [3.05, 3.63) is 30.1 Å². The molecule has 0 aliphatic heterocycles. The Hall–Kier alpha value is -2.37. The number of nitrogens with zero attached hydrogens (tertiary/aromatic N) is 2. The number of imidazole rings is 1. The van der Waals surface area contributed by atoms with Crippen molar-refractivity contribution in [3.63, 3.8) is 0 Å². The summed E-state index contributed by atoms with van der Waals surface area (Å²) in [6.07, 6.45) is 1.69. The molecule has 0 saturated carbocycles. The summed E-state index contributed by atoms with van der Waals surface area (Å²) in [5, 5.41) is 12.2. The quantitative estimate of drug-likeness (QED) is 0.779. The number of rotatable bonds is 8. The Kier molecular flexibility index (Phi) is 5.59. The first-order chi connectivity index (χ1) is 11.5. The lowest BCUT2D eigenvalue weighted by molar-refractivity contribution is -0.149. The number of fused-ring (bicyclic) bond motifs is 1. The first-order valence-corrected chi connectivity index (χ1v) is 8.41. The van der Waals surface area contributed by atoms with Gasteiger partial charge in [0, 0.05) is 13.0 Å². The zero-order valence-electron chi connectivity index (χ0n) is 14.5. The minimum atomic E-state index is -0.903. The van der Waals surface area contributed by atoms with Crippen LogP contribution in [0.4, 0.5) is 0 Å². The van der Waals surface area contributed by atoms with Gasteiger partial charge in [-0.2, -0.15) is 0 Å². The first-order valence-electron chi connectivity index (χ1n) is 8.41. The number of nitrogens with one attached hydrogen (secondary N) is 1. The third kappa shape index (κ3) is 3.42. The molecule has 0 bridgehead atoms. The van der Waals surface area contributed by atoms with Crippen LogP contribution in [0.2, 0.25) is 0 Å². The van der Waals surface area contributed by atoms with E-state index < -0.39 is 11.4 Å². The van der Waals surface area contributed by atoms with Crippen molar-refractivity contribution < 1.29 is 14.7 Å². The number of carbonyl (C=O) groups is 2. The van der Waals surface area contributed by atoms with Crippen molar-refractivity contribution in [1.29, 1.82) is 0 Å². The van der Waals surface area contributed by atoms with Crippen LogP contribution in [0, 0.1) is 5.41 Å². The number of hydrogen-bond acceptors (Lipinski definition) is 3. The minimum absolute atomic E-state index is 0.141. The molecule has 1 aromatic carbocycles. The number of aromatic nitrogens is 2. The van der Waals surface area contributed by atoms with E-state index in [1.807, 2.05) is 49.6 Å². The number of para-hydroxylation sites is 2. The summed E-state index contributed by atoms with van der Waals surface area (Å²) < 4.78 is 1.89. The number of carboxylic acid groups (broad SMARTS) is 1. The van der Waals surface area contributed by atoms with Crippen LogP contribution in [0.5, 0.6) is 0 Å². The average Bonchev–Trinajstić information content (AvgIpc) is 2.94. The van der Waals surface area contributed by atoms with Gasteiger partial charge in [-0.3, -0.25) is 9.59 Å². The van der Waals surface area contributed by atoms with Crippen molar-refractivity contribution in [3.8, 4) is 0 Å². The van der Waals surface area contributed by atoms with Gasteiger partial charge < -0.3 is 15.0 Å². The zero-order chi connectivity index (χ0) is 17.7. The Morgan fingerprint density at radius 2 is 1.88 bits per heavy atom. The largest absolute Gasteiger partial charge is 0.481 e. The van der Waals surface area contributed by atoms with E-state index >= 15 is 0 Å². The summed E-state index contributed by atoms with van der Waals surface area (Å²) >= 11 is 0. The van der Waals surface area contributed by atoms with Crippen LogP contribution in [0.25, 0.3) is 11.0 Å². The molecule has 0 spiro atoms. The smallest absolute Gasteiger partial charge is 0.311 e. The molecule has 130 valence electrons. The molecular formula is C18H25N3O3. The highest BCUT2D eigenvalue weighted by molar-refractivity contribution is 5.82. The molecule has 6 heteroatoms. The molecule has 0 unspecified atom stereocenters. The molecule has 6 nitrogen and oxygen atoms in total. The number of amides is 1. The summed E-state index contributed by atoms with van der Waals surface area (Å²) in [6.45, 7) is 5.96. The summed E-state index contributed by atoms with van der Waals surface area (Å²) in [7, 11) is 0. The van der Waals surface area contributed by atoms with Crippen molar-refractivity contribution in [1.82, 2.24) is 14.9 Å².